The Labute approximate surface area is 333 Å². The third kappa shape index (κ3) is 10.2. The van der Waals surface area contributed by atoms with Crippen LogP contribution in [0.3, 0.4) is 0 Å². The van der Waals surface area contributed by atoms with Gasteiger partial charge >= 0.3 is 12.0 Å². The highest BCUT2D eigenvalue weighted by Crippen LogP contribution is 2.42. The third-order valence-electron chi connectivity index (χ3n) is 10.7. The van der Waals surface area contributed by atoms with E-state index in [2.05, 4.69) is 61.6 Å². The van der Waals surface area contributed by atoms with Crippen molar-refractivity contribution in [2.45, 2.75) is 51.0 Å². The number of carbonyl (C=O) groups excluding carboxylic acids is 2. The molecule has 1 aromatic heterocycles. The number of anilines is 1. The molecule has 3 heterocycles. The van der Waals surface area contributed by atoms with Crippen molar-refractivity contribution in [1.29, 1.82) is 0 Å². The van der Waals surface area contributed by atoms with Crippen molar-refractivity contribution in [3.05, 3.63) is 149 Å². The van der Waals surface area contributed by atoms with Gasteiger partial charge in [0.2, 0.25) is 5.95 Å². The van der Waals surface area contributed by atoms with Crippen LogP contribution in [0.1, 0.15) is 47.1 Å². The molecule has 57 heavy (non-hydrogen) atoms. The second-order valence-corrected chi connectivity index (χ2v) is 14.6. The van der Waals surface area contributed by atoms with E-state index in [1.165, 1.54) is 7.11 Å². The van der Waals surface area contributed by atoms with Gasteiger partial charge < -0.3 is 34.9 Å². The first kappa shape index (κ1) is 39.6. The van der Waals surface area contributed by atoms with Gasteiger partial charge in [-0.05, 0) is 45.5 Å². The second-order valence-electron chi connectivity index (χ2n) is 14.6. The van der Waals surface area contributed by atoms with E-state index >= 15 is 0 Å². The number of hydrogen-bond acceptors (Lipinski definition) is 10. The summed E-state index contributed by atoms with van der Waals surface area (Å²) in [5, 5.41) is 15.3. The molecule has 0 unspecified atom stereocenters. The van der Waals surface area contributed by atoms with Gasteiger partial charge in [0.25, 0.3) is 0 Å². The van der Waals surface area contributed by atoms with Crippen LogP contribution in [-0.2, 0) is 38.6 Å². The summed E-state index contributed by atoms with van der Waals surface area (Å²) in [6.45, 7) is 6.66. The Bertz CT molecular complexity index is 2050. The van der Waals surface area contributed by atoms with E-state index < -0.39 is 24.3 Å². The van der Waals surface area contributed by atoms with Crippen LogP contribution in [0.4, 0.5) is 10.7 Å². The number of aromatic nitrogens is 2. The van der Waals surface area contributed by atoms with Crippen LogP contribution in [-0.4, -0.2) is 84.0 Å². The number of esters is 1. The molecule has 5 atom stereocenters. The number of urea groups is 1. The molecular weight excluding hydrogens is 721 g/mol. The Balaban J connectivity index is 1.01. The van der Waals surface area contributed by atoms with Crippen LogP contribution in [0.2, 0.25) is 0 Å². The molecular formula is C45H50N6O6. The number of aliphatic hydroxyl groups is 1. The number of carbonyl (C=O) groups is 2. The molecule has 296 valence electrons. The Morgan fingerprint density at radius 2 is 1.51 bits per heavy atom. The number of piperazine rings is 1. The Hall–Kier alpha value is -5.66. The fourth-order valence-corrected chi connectivity index (χ4v) is 7.44. The molecule has 2 amide bonds. The molecule has 0 aliphatic carbocycles. The zero-order valence-corrected chi connectivity index (χ0v) is 32.4. The highest BCUT2D eigenvalue weighted by atomic mass is 16.7. The van der Waals surface area contributed by atoms with Crippen LogP contribution < -0.4 is 15.5 Å². The molecule has 2 saturated heterocycles. The van der Waals surface area contributed by atoms with Gasteiger partial charge in [-0.15, -0.1) is 0 Å². The number of methoxy groups -OCH3 is 1. The molecule has 7 rings (SSSR count). The summed E-state index contributed by atoms with van der Waals surface area (Å²) in [7, 11) is 1.31. The van der Waals surface area contributed by atoms with E-state index in [1.807, 2.05) is 84.9 Å². The van der Waals surface area contributed by atoms with Crippen LogP contribution in [0.15, 0.2) is 122 Å². The predicted molar refractivity (Wildman–Crippen MR) is 217 cm³/mol. The minimum absolute atomic E-state index is 0.0104. The van der Waals surface area contributed by atoms with Gasteiger partial charge in [-0.25, -0.2) is 19.6 Å². The number of nitrogens with zero attached hydrogens (tertiary/aromatic N) is 4. The second kappa shape index (κ2) is 19.0. The summed E-state index contributed by atoms with van der Waals surface area (Å²) in [5.74, 6) is 0.331. The topological polar surface area (TPSA) is 138 Å². The van der Waals surface area contributed by atoms with Crippen LogP contribution in [0.25, 0.3) is 11.1 Å². The van der Waals surface area contributed by atoms with Gasteiger partial charge in [0.1, 0.15) is 6.04 Å². The molecule has 5 aromatic rings. The van der Waals surface area contributed by atoms with E-state index in [0.717, 1.165) is 77.6 Å². The maximum Gasteiger partial charge on any atom is 0.328 e. The first-order valence-electron chi connectivity index (χ1n) is 19.5. The van der Waals surface area contributed by atoms with Crippen LogP contribution in [0, 0.1) is 5.92 Å². The quantitative estimate of drug-likeness (QED) is 0.125. The van der Waals surface area contributed by atoms with Crippen LogP contribution >= 0.6 is 0 Å². The van der Waals surface area contributed by atoms with Gasteiger partial charge in [-0.1, -0.05) is 104 Å². The largest absolute Gasteiger partial charge is 0.467 e. The van der Waals surface area contributed by atoms with E-state index in [-0.39, 0.29) is 31.3 Å². The van der Waals surface area contributed by atoms with Gasteiger partial charge in [-0.2, -0.15) is 0 Å². The average Bonchev–Trinajstić information content (AvgIpc) is 3.27. The fourth-order valence-electron chi connectivity index (χ4n) is 7.44. The van der Waals surface area contributed by atoms with Crippen molar-refractivity contribution in [1.82, 2.24) is 25.5 Å². The third-order valence-corrected chi connectivity index (χ3v) is 10.7. The van der Waals surface area contributed by atoms with E-state index in [9.17, 15) is 14.7 Å². The molecule has 4 aromatic carbocycles. The number of ether oxygens (including phenoxy) is 3. The summed E-state index contributed by atoms with van der Waals surface area (Å²) >= 11 is 0. The lowest BCUT2D eigenvalue weighted by molar-refractivity contribution is -0.276. The minimum Gasteiger partial charge on any atom is -0.467 e. The molecule has 0 radical (unpaired) electrons. The fraction of sp³-hybridized carbons (Fsp3) is 0.333. The SMILES string of the molecule is COC(=O)[C@H](Cc1ccccc1)NC(=O)NCc1cccc(-c2ccc([C@@H]3O[C@H](CN4CCN(c5ncccn5)CC4)[C@H](C)[C@H](c4ccc(CO)cc4)O3)cc2)c1. The number of benzene rings is 4. The van der Waals surface area contributed by atoms with Crippen molar-refractivity contribution in [3.63, 3.8) is 0 Å². The lowest BCUT2D eigenvalue weighted by atomic mass is 9.89. The summed E-state index contributed by atoms with van der Waals surface area (Å²) in [6.07, 6.45) is 3.01. The van der Waals surface area contributed by atoms with Crippen molar-refractivity contribution >= 4 is 17.9 Å². The first-order chi connectivity index (χ1) is 27.9. The molecule has 2 aliphatic rings. The Kier molecular flexibility index (Phi) is 13.2. The normalized spacial score (nSPS) is 20.4. The smallest absolute Gasteiger partial charge is 0.328 e. The zero-order chi connectivity index (χ0) is 39.6. The van der Waals surface area contributed by atoms with Gasteiger partial charge in [0.15, 0.2) is 6.29 Å². The summed E-state index contributed by atoms with van der Waals surface area (Å²) in [5.41, 5.74) is 6.66. The molecule has 3 N–H and O–H groups in total. The highest BCUT2D eigenvalue weighted by molar-refractivity contribution is 5.83. The van der Waals surface area contributed by atoms with E-state index in [1.54, 1.807) is 12.4 Å². The van der Waals surface area contributed by atoms with Crippen molar-refractivity contribution < 1.29 is 28.9 Å². The molecule has 12 heteroatoms. The van der Waals surface area contributed by atoms with Crippen LogP contribution in [0.5, 0.6) is 0 Å². The lowest BCUT2D eigenvalue weighted by Crippen LogP contribution is -2.51. The monoisotopic (exact) mass is 770 g/mol. The van der Waals surface area contributed by atoms with Gasteiger partial charge in [0.05, 0.1) is 25.9 Å². The molecule has 0 spiro atoms. The summed E-state index contributed by atoms with van der Waals surface area (Å²) < 4.78 is 18.5. The average molecular weight is 771 g/mol. The number of amides is 2. The molecule has 2 fully saturated rings. The van der Waals surface area contributed by atoms with Gasteiger partial charge in [-0.3, -0.25) is 4.90 Å². The summed E-state index contributed by atoms with van der Waals surface area (Å²) in [4.78, 5) is 38.8. The van der Waals surface area contributed by atoms with Crippen molar-refractivity contribution in [3.8, 4) is 11.1 Å². The lowest BCUT2D eigenvalue weighted by Gasteiger charge is -2.44. The molecule has 2 aliphatic heterocycles. The number of aliphatic hydroxyl groups excluding tert-OH is 1. The predicted octanol–water partition coefficient (Wildman–Crippen LogP) is 5.83. The maximum absolute atomic E-state index is 12.9. The minimum atomic E-state index is -0.814. The van der Waals surface area contributed by atoms with E-state index in [4.69, 9.17) is 14.2 Å². The Morgan fingerprint density at radius 1 is 0.807 bits per heavy atom. The zero-order valence-electron chi connectivity index (χ0n) is 32.4. The molecule has 12 nitrogen and oxygen atoms in total. The van der Waals surface area contributed by atoms with Gasteiger partial charge in [0, 0.05) is 69.6 Å². The maximum atomic E-state index is 12.9. The Morgan fingerprint density at radius 3 is 2.21 bits per heavy atom. The van der Waals surface area contributed by atoms with Crippen molar-refractivity contribution in [2.24, 2.45) is 5.92 Å². The summed E-state index contributed by atoms with van der Waals surface area (Å²) in [6, 6.07) is 34.3. The standard InChI is InChI=1S/C45H50N6O6/c1-31-40(29-50-22-24-51(25-23-50)44-46-20-7-21-47-44)56-43(57-41(31)36-14-12-33(30-52)13-15-36)37-18-16-35(17-19-37)38-11-6-10-34(26-38)28-48-45(54)49-39(42(53)55-2)27-32-8-4-3-5-9-32/h3-21,26,31,39-41,43,52H,22-25,27-30H2,1-2H3,(H2,48,49,54)/t31-,39-,40+,41+,43+/m0/s1. The first-order valence-corrected chi connectivity index (χ1v) is 19.5. The number of nitrogens with one attached hydrogen (secondary N) is 2. The number of hydrogen-bond donors (Lipinski definition) is 3. The highest BCUT2D eigenvalue weighted by Gasteiger charge is 2.39. The van der Waals surface area contributed by atoms with E-state index in [0.29, 0.717) is 6.42 Å². The molecule has 0 saturated carbocycles. The molecule has 0 bridgehead atoms. The number of rotatable bonds is 13. The van der Waals surface area contributed by atoms with Crippen molar-refractivity contribution in [2.75, 3.05) is 44.7 Å².